The SMILES string of the molecule is O=C(CCn1cnc2ccccc2c1=O)Nc1nc(-c2ccccn2)cs1. The van der Waals surface area contributed by atoms with Gasteiger partial charge in [0, 0.05) is 24.5 Å². The standard InChI is InChI=1S/C19H15N5O2S/c25-17(23-19-22-16(11-27-19)15-7-3-4-9-20-15)8-10-24-12-21-14-6-2-1-5-13(14)18(24)26/h1-7,9,11-12H,8,10H2,(H,22,23,25). The van der Waals surface area contributed by atoms with Crippen LogP contribution in [0.2, 0.25) is 0 Å². The van der Waals surface area contributed by atoms with Gasteiger partial charge in [0.1, 0.15) is 5.69 Å². The van der Waals surface area contributed by atoms with Gasteiger partial charge < -0.3 is 5.32 Å². The van der Waals surface area contributed by atoms with E-state index in [1.54, 1.807) is 24.4 Å². The zero-order valence-corrected chi connectivity index (χ0v) is 15.0. The number of aromatic nitrogens is 4. The van der Waals surface area contributed by atoms with Crippen molar-refractivity contribution >= 4 is 33.3 Å². The number of pyridine rings is 1. The highest BCUT2D eigenvalue weighted by Crippen LogP contribution is 2.23. The molecule has 3 aromatic heterocycles. The maximum Gasteiger partial charge on any atom is 0.261 e. The summed E-state index contributed by atoms with van der Waals surface area (Å²) < 4.78 is 1.45. The maximum atomic E-state index is 12.4. The van der Waals surface area contributed by atoms with Crippen LogP contribution in [0.25, 0.3) is 22.3 Å². The van der Waals surface area contributed by atoms with Gasteiger partial charge in [0.05, 0.1) is 22.9 Å². The lowest BCUT2D eigenvalue weighted by molar-refractivity contribution is -0.116. The molecule has 0 spiro atoms. The molecule has 134 valence electrons. The van der Waals surface area contributed by atoms with Gasteiger partial charge in [-0.15, -0.1) is 11.3 Å². The molecule has 7 nitrogen and oxygen atoms in total. The van der Waals surface area contributed by atoms with E-state index in [0.29, 0.717) is 21.7 Å². The molecule has 0 fully saturated rings. The molecule has 0 unspecified atom stereocenters. The van der Waals surface area contributed by atoms with E-state index in [1.807, 2.05) is 29.6 Å². The highest BCUT2D eigenvalue weighted by Gasteiger charge is 2.10. The molecular weight excluding hydrogens is 362 g/mol. The molecular formula is C19H15N5O2S. The molecule has 4 aromatic rings. The fourth-order valence-corrected chi connectivity index (χ4v) is 3.35. The molecule has 0 radical (unpaired) electrons. The number of fused-ring (bicyclic) bond motifs is 1. The first kappa shape index (κ1) is 17.0. The quantitative estimate of drug-likeness (QED) is 0.577. The van der Waals surface area contributed by atoms with Crippen molar-refractivity contribution in [3.8, 4) is 11.4 Å². The normalized spacial score (nSPS) is 10.8. The minimum atomic E-state index is -0.211. The Labute approximate surface area is 158 Å². The smallest absolute Gasteiger partial charge is 0.261 e. The molecule has 27 heavy (non-hydrogen) atoms. The van der Waals surface area contributed by atoms with E-state index in [-0.39, 0.29) is 24.4 Å². The van der Waals surface area contributed by atoms with Gasteiger partial charge in [-0.1, -0.05) is 18.2 Å². The molecule has 0 saturated carbocycles. The Morgan fingerprint density at radius 3 is 2.78 bits per heavy atom. The lowest BCUT2D eigenvalue weighted by atomic mass is 10.2. The van der Waals surface area contributed by atoms with Gasteiger partial charge in [0.15, 0.2) is 5.13 Å². The van der Waals surface area contributed by atoms with Crippen molar-refractivity contribution in [2.75, 3.05) is 5.32 Å². The average molecular weight is 377 g/mol. The summed E-state index contributed by atoms with van der Waals surface area (Å²) in [7, 11) is 0. The number of carbonyl (C=O) groups is 1. The largest absolute Gasteiger partial charge is 0.302 e. The summed E-state index contributed by atoms with van der Waals surface area (Å²) in [6.07, 6.45) is 3.32. The Bertz CT molecular complexity index is 1150. The fourth-order valence-electron chi connectivity index (χ4n) is 2.63. The zero-order chi connectivity index (χ0) is 18.6. The third kappa shape index (κ3) is 3.75. The molecule has 3 heterocycles. The first-order valence-electron chi connectivity index (χ1n) is 8.32. The Morgan fingerprint density at radius 1 is 1.07 bits per heavy atom. The highest BCUT2D eigenvalue weighted by molar-refractivity contribution is 7.14. The van der Waals surface area contributed by atoms with Crippen LogP contribution in [0.1, 0.15) is 6.42 Å². The van der Waals surface area contributed by atoms with E-state index < -0.39 is 0 Å². The second-order valence-corrected chi connectivity index (χ2v) is 6.67. The maximum absolute atomic E-state index is 12.4. The van der Waals surface area contributed by atoms with Gasteiger partial charge in [-0.2, -0.15) is 0 Å². The molecule has 0 bridgehead atoms. The van der Waals surface area contributed by atoms with E-state index in [2.05, 4.69) is 20.3 Å². The molecule has 4 rings (SSSR count). The van der Waals surface area contributed by atoms with Gasteiger partial charge in [-0.25, -0.2) is 9.97 Å². The molecule has 0 aliphatic heterocycles. The van der Waals surface area contributed by atoms with Crippen LogP contribution >= 0.6 is 11.3 Å². The zero-order valence-electron chi connectivity index (χ0n) is 14.2. The minimum Gasteiger partial charge on any atom is -0.302 e. The van der Waals surface area contributed by atoms with Crippen molar-refractivity contribution in [1.29, 1.82) is 0 Å². The number of carbonyl (C=O) groups excluding carboxylic acids is 1. The van der Waals surface area contributed by atoms with Gasteiger partial charge in [-0.3, -0.25) is 19.1 Å². The Morgan fingerprint density at radius 2 is 1.93 bits per heavy atom. The van der Waals surface area contributed by atoms with E-state index in [4.69, 9.17) is 0 Å². The van der Waals surface area contributed by atoms with Crippen molar-refractivity contribution in [2.24, 2.45) is 0 Å². The summed E-state index contributed by atoms with van der Waals surface area (Å²) in [5.74, 6) is -0.211. The fraction of sp³-hybridized carbons (Fsp3) is 0.105. The third-order valence-electron chi connectivity index (χ3n) is 3.99. The summed E-state index contributed by atoms with van der Waals surface area (Å²) >= 11 is 1.34. The van der Waals surface area contributed by atoms with Gasteiger partial charge in [-0.05, 0) is 24.3 Å². The van der Waals surface area contributed by atoms with Crippen LogP contribution in [0.5, 0.6) is 0 Å². The average Bonchev–Trinajstić information content (AvgIpc) is 3.17. The number of hydrogen-bond donors (Lipinski definition) is 1. The monoisotopic (exact) mass is 377 g/mol. The number of para-hydroxylation sites is 1. The minimum absolute atomic E-state index is 0.151. The predicted octanol–water partition coefficient (Wildman–Crippen LogP) is 2.94. The second-order valence-electron chi connectivity index (χ2n) is 5.81. The summed E-state index contributed by atoms with van der Waals surface area (Å²) in [6.45, 7) is 0.251. The van der Waals surface area contributed by atoms with E-state index in [1.165, 1.54) is 22.2 Å². The highest BCUT2D eigenvalue weighted by atomic mass is 32.1. The van der Waals surface area contributed by atoms with Crippen LogP contribution in [0.3, 0.4) is 0 Å². The molecule has 0 aliphatic rings. The van der Waals surface area contributed by atoms with Crippen molar-refractivity contribution in [3.05, 3.63) is 70.7 Å². The topological polar surface area (TPSA) is 89.8 Å². The van der Waals surface area contributed by atoms with Crippen molar-refractivity contribution in [2.45, 2.75) is 13.0 Å². The molecule has 1 amide bonds. The number of benzene rings is 1. The Balaban J connectivity index is 1.41. The predicted molar refractivity (Wildman–Crippen MR) is 105 cm³/mol. The molecule has 0 saturated heterocycles. The number of nitrogens with zero attached hydrogens (tertiary/aromatic N) is 4. The number of rotatable bonds is 5. The van der Waals surface area contributed by atoms with Crippen LogP contribution in [-0.4, -0.2) is 25.4 Å². The van der Waals surface area contributed by atoms with E-state index in [9.17, 15) is 9.59 Å². The lowest BCUT2D eigenvalue weighted by Gasteiger charge is -2.06. The van der Waals surface area contributed by atoms with Crippen LogP contribution in [0.4, 0.5) is 5.13 Å². The lowest BCUT2D eigenvalue weighted by Crippen LogP contribution is -2.23. The molecule has 1 N–H and O–H groups in total. The van der Waals surface area contributed by atoms with E-state index in [0.717, 1.165) is 5.69 Å². The number of hydrogen-bond acceptors (Lipinski definition) is 6. The number of aryl methyl sites for hydroxylation is 1. The van der Waals surface area contributed by atoms with Crippen LogP contribution < -0.4 is 10.9 Å². The molecule has 1 aromatic carbocycles. The number of thiazole rings is 1. The van der Waals surface area contributed by atoms with Gasteiger partial charge in [0.2, 0.25) is 5.91 Å². The molecule has 0 atom stereocenters. The van der Waals surface area contributed by atoms with Crippen molar-refractivity contribution in [1.82, 2.24) is 19.5 Å². The van der Waals surface area contributed by atoms with Crippen LogP contribution in [0, 0.1) is 0 Å². The van der Waals surface area contributed by atoms with Crippen LogP contribution in [0.15, 0.2) is 65.2 Å². The summed E-state index contributed by atoms with van der Waals surface area (Å²) in [4.78, 5) is 37.5. The Hall–Kier alpha value is -3.39. The van der Waals surface area contributed by atoms with Crippen LogP contribution in [-0.2, 0) is 11.3 Å². The summed E-state index contributed by atoms with van der Waals surface area (Å²) in [5.41, 5.74) is 1.96. The number of anilines is 1. The molecule has 8 heteroatoms. The van der Waals surface area contributed by atoms with Gasteiger partial charge >= 0.3 is 0 Å². The second kappa shape index (κ2) is 7.46. The summed E-state index contributed by atoms with van der Waals surface area (Å²) in [5, 5.41) is 5.65. The number of nitrogens with one attached hydrogen (secondary N) is 1. The molecule has 0 aliphatic carbocycles. The number of amides is 1. The third-order valence-corrected chi connectivity index (χ3v) is 4.75. The first-order valence-corrected chi connectivity index (χ1v) is 9.19. The van der Waals surface area contributed by atoms with Crippen molar-refractivity contribution < 1.29 is 4.79 Å². The summed E-state index contributed by atoms with van der Waals surface area (Å²) in [6, 6.07) is 12.7. The van der Waals surface area contributed by atoms with E-state index >= 15 is 0 Å². The van der Waals surface area contributed by atoms with Gasteiger partial charge in [0.25, 0.3) is 5.56 Å². The van der Waals surface area contributed by atoms with Crippen molar-refractivity contribution in [3.63, 3.8) is 0 Å². The Kier molecular flexibility index (Phi) is 4.71. The first-order chi connectivity index (χ1) is 13.2.